The molecule has 0 saturated heterocycles. The molecule has 0 aromatic carbocycles. The number of carbonyl (C=O) groups is 5. The Labute approximate surface area is 165 Å². The number of aliphatic hydroxyl groups is 1. The smallest absolute Gasteiger partial charge is 0.322 e. The van der Waals surface area contributed by atoms with Gasteiger partial charge in [0, 0.05) is 6.54 Å². The third-order valence-electron chi connectivity index (χ3n) is 3.42. The number of aliphatic hydroxyl groups excluding tert-OH is 1. The predicted octanol–water partition coefficient (Wildman–Crippen LogP) is -4.79. The summed E-state index contributed by atoms with van der Waals surface area (Å²) in [6, 6.07) is -5.28. The number of rotatable bonds is 12. The van der Waals surface area contributed by atoms with E-state index >= 15 is 0 Å². The van der Waals surface area contributed by atoms with Crippen LogP contribution in [0, 0.1) is 5.41 Å². The molecule has 0 bridgehead atoms. The number of urea groups is 1. The summed E-state index contributed by atoms with van der Waals surface area (Å²) >= 11 is 0. The van der Waals surface area contributed by atoms with Gasteiger partial charge in [-0.15, -0.1) is 0 Å². The zero-order valence-corrected chi connectivity index (χ0v) is 15.4. The van der Waals surface area contributed by atoms with Gasteiger partial charge in [-0.05, 0) is 12.8 Å². The van der Waals surface area contributed by atoms with Gasteiger partial charge in [0.25, 0.3) is 0 Å². The number of primary amides is 1. The molecule has 5 amide bonds. The van der Waals surface area contributed by atoms with Crippen LogP contribution in [0.4, 0.5) is 4.79 Å². The van der Waals surface area contributed by atoms with Crippen molar-refractivity contribution in [1.29, 1.82) is 5.41 Å². The number of carboxylic acids is 1. The first-order valence-corrected chi connectivity index (χ1v) is 8.35. The number of nitrogens with two attached hydrogens (primary N) is 3. The Balaban J connectivity index is 5.09. The summed E-state index contributed by atoms with van der Waals surface area (Å²) in [5.41, 5.74) is 15.4. The van der Waals surface area contributed by atoms with Crippen molar-refractivity contribution >= 4 is 35.7 Å². The second-order valence-electron chi connectivity index (χ2n) is 5.85. The summed E-state index contributed by atoms with van der Waals surface area (Å²) < 4.78 is 0. The summed E-state index contributed by atoms with van der Waals surface area (Å²) in [5, 5.41) is 33.2. The van der Waals surface area contributed by atoms with Gasteiger partial charge >= 0.3 is 12.0 Å². The summed E-state index contributed by atoms with van der Waals surface area (Å²) in [5.74, 6) is -4.71. The molecule has 0 spiro atoms. The van der Waals surface area contributed by atoms with E-state index in [9.17, 15) is 24.0 Å². The van der Waals surface area contributed by atoms with E-state index in [4.69, 9.17) is 32.8 Å². The molecular formula is C14H26N8O7. The van der Waals surface area contributed by atoms with Crippen LogP contribution < -0.4 is 38.5 Å². The van der Waals surface area contributed by atoms with Crippen LogP contribution in [0.1, 0.15) is 19.3 Å². The third kappa shape index (κ3) is 11.1. The highest BCUT2D eigenvalue weighted by molar-refractivity contribution is 5.99. The van der Waals surface area contributed by atoms with Crippen molar-refractivity contribution in [2.45, 2.75) is 37.4 Å². The standard InChI is InChI=1S/C14H26N8O7/c15-6(5-23)11(27)22-14(29)21-7(2-1-3-19-13(17)18)12(28)20-8(10(16)26)4-9(24)25/h6-8,23H,1-5,15H2,(H2,16,26)(H,20,28)(H,24,25)(H4,17,18,19)(H2,21,22,27,29)/t6-,7-,8-/m0/s1. The molecule has 0 heterocycles. The van der Waals surface area contributed by atoms with E-state index < -0.39 is 60.9 Å². The molecule has 13 N–H and O–H groups in total. The Morgan fingerprint density at radius 1 is 1.00 bits per heavy atom. The molecule has 0 fully saturated rings. The van der Waals surface area contributed by atoms with Gasteiger partial charge in [0.2, 0.25) is 17.7 Å². The van der Waals surface area contributed by atoms with E-state index in [0.717, 1.165) is 0 Å². The molecule has 164 valence electrons. The van der Waals surface area contributed by atoms with Crippen molar-refractivity contribution < 1.29 is 34.2 Å². The highest BCUT2D eigenvalue weighted by Gasteiger charge is 2.27. The van der Waals surface area contributed by atoms with Crippen LogP contribution in [-0.2, 0) is 19.2 Å². The Kier molecular flexibility index (Phi) is 11.3. The topological polar surface area (TPSA) is 276 Å². The van der Waals surface area contributed by atoms with Crippen molar-refractivity contribution in [3.05, 3.63) is 0 Å². The molecule has 0 rings (SSSR count). The Morgan fingerprint density at radius 2 is 1.62 bits per heavy atom. The molecule has 0 saturated carbocycles. The maximum atomic E-state index is 12.4. The van der Waals surface area contributed by atoms with Gasteiger partial charge < -0.3 is 43.4 Å². The number of hydrogen-bond donors (Lipinski definition) is 10. The first kappa shape index (κ1) is 25.5. The molecule has 29 heavy (non-hydrogen) atoms. The van der Waals surface area contributed by atoms with Gasteiger partial charge in [-0.25, -0.2) is 4.79 Å². The summed E-state index contributed by atoms with van der Waals surface area (Å²) in [6.07, 6.45) is -0.573. The molecule has 15 nitrogen and oxygen atoms in total. The Morgan fingerprint density at radius 3 is 2.10 bits per heavy atom. The average Bonchev–Trinajstić information content (AvgIpc) is 2.61. The van der Waals surface area contributed by atoms with Crippen LogP contribution in [0.2, 0.25) is 0 Å². The van der Waals surface area contributed by atoms with Crippen molar-refractivity contribution in [1.82, 2.24) is 21.3 Å². The maximum absolute atomic E-state index is 12.4. The quantitative estimate of drug-likeness (QED) is 0.0819. The molecule has 15 heteroatoms. The second kappa shape index (κ2) is 12.8. The highest BCUT2D eigenvalue weighted by atomic mass is 16.4. The van der Waals surface area contributed by atoms with E-state index in [1.165, 1.54) is 0 Å². The van der Waals surface area contributed by atoms with Crippen LogP contribution in [0.15, 0.2) is 0 Å². The molecule has 0 aliphatic heterocycles. The van der Waals surface area contributed by atoms with Gasteiger partial charge in [0.1, 0.15) is 18.1 Å². The van der Waals surface area contributed by atoms with E-state index in [-0.39, 0.29) is 25.3 Å². The maximum Gasteiger partial charge on any atom is 0.322 e. The number of amides is 5. The van der Waals surface area contributed by atoms with Crippen LogP contribution >= 0.6 is 0 Å². The summed E-state index contributed by atoms with van der Waals surface area (Å²) in [6.45, 7) is -0.541. The fraction of sp³-hybridized carbons (Fsp3) is 0.571. The normalized spacial score (nSPS) is 13.3. The number of hydrogen-bond acceptors (Lipinski definition) is 8. The number of imide groups is 1. The van der Waals surface area contributed by atoms with E-state index in [1.54, 1.807) is 0 Å². The highest BCUT2D eigenvalue weighted by Crippen LogP contribution is 2.00. The minimum absolute atomic E-state index is 0.0294. The van der Waals surface area contributed by atoms with Crippen molar-refractivity contribution in [3.63, 3.8) is 0 Å². The number of aliphatic carboxylic acids is 1. The largest absolute Gasteiger partial charge is 0.481 e. The van der Waals surface area contributed by atoms with E-state index in [2.05, 4.69) is 16.0 Å². The predicted molar refractivity (Wildman–Crippen MR) is 98.1 cm³/mol. The molecule has 0 aliphatic rings. The van der Waals surface area contributed by atoms with Crippen molar-refractivity contribution in [3.8, 4) is 0 Å². The molecule has 0 aromatic rings. The molecule has 0 aromatic heterocycles. The van der Waals surface area contributed by atoms with Crippen LogP contribution in [0.3, 0.4) is 0 Å². The van der Waals surface area contributed by atoms with Crippen LogP contribution in [-0.4, -0.2) is 77.2 Å². The number of nitrogens with one attached hydrogen (secondary N) is 5. The van der Waals surface area contributed by atoms with Crippen LogP contribution in [0.25, 0.3) is 0 Å². The number of carboxylic acid groups (broad SMARTS) is 1. The van der Waals surface area contributed by atoms with Crippen molar-refractivity contribution in [2.75, 3.05) is 13.2 Å². The van der Waals surface area contributed by atoms with Gasteiger partial charge in [-0.2, -0.15) is 0 Å². The fourth-order valence-electron chi connectivity index (χ4n) is 1.95. The second-order valence-corrected chi connectivity index (χ2v) is 5.85. The van der Waals surface area contributed by atoms with Crippen molar-refractivity contribution in [2.24, 2.45) is 17.2 Å². The third-order valence-corrected chi connectivity index (χ3v) is 3.42. The van der Waals surface area contributed by atoms with Gasteiger partial charge in [0.05, 0.1) is 13.0 Å². The lowest BCUT2D eigenvalue weighted by atomic mass is 10.1. The SMILES string of the molecule is N=C(N)NCCC[C@H](NC(=O)NC(=O)[C@@H](N)CO)C(=O)N[C@@H](CC(=O)O)C(N)=O. The lowest BCUT2D eigenvalue weighted by Crippen LogP contribution is -2.56. The lowest BCUT2D eigenvalue weighted by Gasteiger charge is -2.21. The zero-order chi connectivity index (χ0) is 22.6. The van der Waals surface area contributed by atoms with Gasteiger partial charge in [0.15, 0.2) is 5.96 Å². The summed E-state index contributed by atoms with van der Waals surface area (Å²) in [7, 11) is 0. The van der Waals surface area contributed by atoms with E-state index in [1.807, 2.05) is 5.32 Å². The minimum Gasteiger partial charge on any atom is -0.481 e. The molecule has 0 radical (unpaired) electrons. The fourth-order valence-corrected chi connectivity index (χ4v) is 1.95. The molecular weight excluding hydrogens is 392 g/mol. The number of carbonyl (C=O) groups excluding carboxylic acids is 4. The Hall–Kier alpha value is -3.46. The van der Waals surface area contributed by atoms with Gasteiger partial charge in [-0.3, -0.25) is 29.9 Å². The average molecular weight is 418 g/mol. The number of guanidine groups is 1. The summed E-state index contributed by atoms with van der Waals surface area (Å²) in [4.78, 5) is 57.9. The first-order chi connectivity index (χ1) is 13.5. The monoisotopic (exact) mass is 418 g/mol. The minimum atomic E-state index is -1.52. The Bertz CT molecular complexity index is 641. The molecule has 3 atom stereocenters. The lowest BCUT2D eigenvalue weighted by molar-refractivity contribution is -0.140. The molecule has 0 unspecified atom stereocenters. The van der Waals surface area contributed by atoms with E-state index in [0.29, 0.717) is 0 Å². The zero-order valence-electron chi connectivity index (χ0n) is 15.4. The van der Waals surface area contributed by atoms with Crippen LogP contribution in [0.5, 0.6) is 0 Å². The molecule has 0 aliphatic carbocycles. The first-order valence-electron chi connectivity index (χ1n) is 8.35. The van der Waals surface area contributed by atoms with Gasteiger partial charge in [-0.1, -0.05) is 0 Å².